The quantitative estimate of drug-likeness (QED) is 0.132. The molecule has 1 aliphatic heterocycles. The van der Waals surface area contributed by atoms with E-state index in [-0.39, 0.29) is 24.6 Å². The highest BCUT2D eigenvalue weighted by Gasteiger charge is 2.34. The van der Waals surface area contributed by atoms with Crippen LogP contribution in [0.4, 0.5) is 4.39 Å². The predicted octanol–water partition coefficient (Wildman–Crippen LogP) is 7.02. The third-order valence-corrected chi connectivity index (χ3v) is 9.54. The number of pyridine rings is 1. The van der Waals surface area contributed by atoms with Crippen LogP contribution in [0.2, 0.25) is 0 Å². The summed E-state index contributed by atoms with van der Waals surface area (Å²) in [6.45, 7) is 8.80. The van der Waals surface area contributed by atoms with E-state index in [9.17, 15) is 4.79 Å². The monoisotopic (exact) mass is 636 g/mol. The molecule has 0 unspecified atom stereocenters. The normalized spacial score (nSPS) is 16.2. The number of aryl methyl sites for hydroxylation is 1. The molecule has 0 fully saturated rings. The number of halogens is 1. The number of thiophene rings is 1. The van der Waals surface area contributed by atoms with Gasteiger partial charge in [0, 0.05) is 36.7 Å². The molecule has 11 heteroatoms. The summed E-state index contributed by atoms with van der Waals surface area (Å²) in [6, 6.07) is 14.6. The second kappa shape index (κ2) is 11.8. The van der Waals surface area contributed by atoms with Crippen LogP contribution in [0.1, 0.15) is 25.6 Å². The zero-order valence-corrected chi connectivity index (χ0v) is 26.8. The summed E-state index contributed by atoms with van der Waals surface area (Å²) in [6.07, 6.45) is 3.14. The largest absolute Gasteiger partial charge is 0.490 e. The standard InChI is InChI=1S/C35H33FN6O3S/c1-6-30(43)42-20(2)18-41-28(21(42)3)17-26(39-41)34-31(32-24(36)8-7-9-29(32)45-14-13-44-5)23-12-15-46-35(23)33(38-34)22-10-11-27-25(16-22)37-19-40(27)4/h6-12,15-17,19-21H,1,13-14,18H2,2-5H3/t20-,21+/m1/s1. The number of methoxy groups -OCH3 is 1. The van der Waals surface area contributed by atoms with Crippen molar-refractivity contribution < 1.29 is 18.7 Å². The van der Waals surface area contributed by atoms with Crippen molar-refractivity contribution in [2.75, 3.05) is 20.3 Å². The first-order chi connectivity index (χ1) is 22.3. The van der Waals surface area contributed by atoms with Crippen LogP contribution >= 0.6 is 11.3 Å². The van der Waals surface area contributed by atoms with Gasteiger partial charge in [0.1, 0.15) is 29.6 Å². The predicted molar refractivity (Wildman–Crippen MR) is 178 cm³/mol. The average Bonchev–Trinajstić information content (AvgIpc) is 3.79. The first-order valence-corrected chi connectivity index (χ1v) is 15.9. The Morgan fingerprint density at radius 1 is 1.13 bits per heavy atom. The minimum Gasteiger partial charge on any atom is -0.490 e. The molecule has 9 nitrogen and oxygen atoms in total. The molecule has 1 aliphatic rings. The van der Waals surface area contributed by atoms with Crippen molar-refractivity contribution >= 4 is 38.4 Å². The van der Waals surface area contributed by atoms with Crippen molar-refractivity contribution in [3.63, 3.8) is 0 Å². The van der Waals surface area contributed by atoms with E-state index >= 15 is 4.39 Å². The van der Waals surface area contributed by atoms with Gasteiger partial charge in [0.15, 0.2) is 0 Å². The Bertz CT molecular complexity index is 2130. The maximum absolute atomic E-state index is 16.1. The van der Waals surface area contributed by atoms with E-state index in [1.54, 1.807) is 36.9 Å². The Kier molecular flexibility index (Phi) is 7.66. The topological polar surface area (TPSA) is 87.3 Å². The van der Waals surface area contributed by atoms with Crippen molar-refractivity contribution in [2.45, 2.75) is 32.5 Å². The molecule has 5 heterocycles. The summed E-state index contributed by atoms with van der Waals surface area (Å²) in [5.41, 5.74) is 6.39. The van der Waals surface area contributed by atoms with Gasteiger partial charge < -0.3 is 18.9 Å². The van der Waals surface area contributed by atoms with Gasteiger partial charge in [-0.2, -0.15) is 5.10 Å². The van der Waals surface area contributed by atoms with E-state index in [2.05, 4.69) is 11.6 Å². The molecule has 2 aromatic carbocycles. The number of fused-ring (bicyclic) bond motifs is 3. The Balaban J connectivity index is 1.50. The van der Waals surface area contributed by atoms with Crippen LogP contribution in [0, 0.1) is 5.82 Å². The molecule has 0 N–H and O–H groups in total. The lowest BCUT2D eigenvalue weighted by Gasteiger charge is -2.38. The molecule has 0 bridgehead atoms. The molecule has 2 atom stereocenters. The molecule has 1 amide bonds. The summed E-state index contributed by atoms with van der Waals surface area (Å²) in [7, 11) is 3.56. The lowest BCUT2D eigenvalue weighted by Crippen LogP contribution is -2.46. The number of hydrogen-bond acceptors (Lipinski definition) is 7. The lowest BCUT2D eigenvalue weighted by molar-refractivity contribution is -0.131. The van der Waals surface area contributed by atoms with Gasteiger partial charge in [-0.3, -0.25) is 9.48 Å². The average molecular weight is 637 g/mol. The summed E-state index contributed by atoms with van der Waals surface area (Å²) < 4.78 is 32.2. The molecule has 234 valence electrons. The summed E-state index contributed by atoms with van der Waals surface area (Å²) >= 11 is 1.55. The van der Waals surface area contributed by atoms with E-state index in [0.717, 1.165) is 38.1 Å². The van der Waals surface area contributed by atoms with E-state index in [4.69, 9.17) is 19.6 Å². The van der Waals surface area contributed by atoms with Crippen LogP contribution in [0.25, 0.3) is 54.9 Å². The molecular weight excluding hydrogens is 603 g/mol. The van der Waals surface area contributed by atoms with Crippen LogP contribution in [-0.4, -0.2) is 61.5 Å². The van der Waals surface area contributed by atoms with Crippen molar-refractivity contribution in [2.24, 2.45) is 7.05 Å². The molecule has 7 rings (SSSR count). The molecule has 0 aliphatic carbocycles. The number of aromatic nitrogens is 5. The van der Waals surface area contributed by atoms with E-state index < -0.39 is 5.82 Å². The van der Waals surface area contributed by atoms with E-state index in [1.807, 2.05) is 70.8 Å². The number of hydrogen-bond donors (Lipinski definition) is 0. The fourth-order valence-corrected chi connectivity index (χ4v) is 7.37. The van der Waals surface area contributed by atoms with Crippen LogP contribution in [0.15, 0.2) is 72.9 Å². The van der Waals surface area contributed by atoms with Crippen LogP contribution in [0.3, 0.4) is 0 Å². The van der Waals surface area contributed by atoms with Gasteiger partial charge in [0.25, 0.3) is 0 Å². The van der Waals surface area contributed by atoms with Gasteiger partial charge in [-0.1, -0.05) is 18.7 Å². The van der Waals surface area contributed by atoms with Crippen molar-refractivity contribution in [1.82, 2.24) is 29.2 Å². The zero-order chi connectivity index (χ0) is 32.1. The third-order valence-electron chi connectivity index (χ3n) is 8.62. The molecule has 0 saturated carbocycles. The zero-order valence-electron chi connectivity index (χ0n) is 26.0. The second-order valence-electron chi connectivity index (χ2n) is 11.5. The van der Waals surface area contributed by atoms with Gasteiger partial charge in [-0.25, -0.2) is 14.4 Å². The van der Waals surface area contributed by atoms with E-state index in [1.165, 1.54) is 12.1 Å². The number of rotatable bonds is 8. The van der Waals surface area contributed by atoms with Gasteiger partial charge in [0.05, 0.1) is 58.2 Å². The number of ether oxygens (including phenoxy) is 2. The Morgan fingerprint density at radius 2 is 1.98 bits per heavy atom. The molecule has 0 radical (unpaired) electrons. The van der Waals surface area contributed by atoms with Crippen LogP contribution in [-0.2, 0) is 23.1 Å². The van der Waals surface area contributed by atoms with Gasteiger partial charge in [0.2, 0.25) is 5.91 Å². The number of carbonyl (C=O) groups excluding carboxylic acids is 1. The molecule has 4 aromatic heterocycles. The minimum absolute atomic E-state index is 0.0967. The Morgan fingerprint density at radius 3 is 2.78 bits per heavy atom. The second-order valence-corrected chi connectivity index (χ2v) is 12.4. The van der Waals surface area contributed by atoms with Crippen LogP contribution in [0.5, 0.6) is 5.75 Å². The number of carbonyl (C=O) groups is 1. The molecule has 0 spiro atoms. The first-order valence-electron chi connectivity index (χ1n) is 15.1. The number of imidazole rings is 1. The van der Waals surface area contributed by atoms with Crippen molar-refractivity contribution in [1.29, 1.82) is 0 Å². The van der Waals surface area contributed by atoms with Crippen molar-refractivity contribution in [3.8, 4) is 39.5 Å². The SMILES string of the molecule is C=CC(=O)N1[C@H](C)Cn2nc(-c3nc(-c4ccc5c(c4)ncn5C)c4sccc4c3-c3c(F)cccc3OCCOC)cc2[C@@H]1C. The highest BCUT2D eigenvalue weighted by molar-refractivity contribution is 7.17. The van der Waals surface area contributed by atoms with Gasteiger partial charge in [-0.05, 0) is 61.7 Å². The number of benzene rings is 2. The summed E-state index contributed by atoms with van der Waals surface area (Å²) in [4.78, 5) is 24.5. The summed E-state index contributed by atoms with van der Waals surface area (Å²) in [5, 5.41) is 7.87. The van der Waals surface area contributed by atoms with E-state index in [0.29, 0.717) is 41.4 Å². The highest BCUT2D eigenvalue weighted by Crippen LogP contribution is 2.47. The summed E-state index contributed by atoms with van der Waals surface area (Å²) in [5.74, 6) is -0.172. The smallest absolute Gasteiger partial charge is 0.246 e. The minimum atomic E-state index is -0.429. The van der Waals surface area contributed by atoms with Crippen LogP contribution < -0.4 is 4.74 Å². The fraction of sp³-hybridized carbons (Fsp3) is 0.257. The number of nitrogens with zero attached hydrogens (tertiary/aromatic N) is 6. The molecule has 6 aromatic rings. The van der Waals surface area contributed by atoms with Gasteiger partial charge >= 0.3 is 0 Å². The number of amides is 1. The Labute approximate surface area is 269 Å². The van der Waals surface area contributed by atoms with Crippen molar-refractivity contribution in [3.05, 3.63) is 84.4 Å². The molecular formula is C35H33FN6O3S. The first kappa shape index (κ1) is 29.8. The maximum Gasteiger partial charge on any atom is 0.246 e. The molecule has 46 heavy (non-hydrogen) atoms. The van der Waals surface area contributed by atoms with Gasteiger partial charge in [-0.15, -0.1) is 11.3 Å². The lowest BCUT2D eigenvalue weighted by atomic mass is 9.95. The fourth-order valence-electron chi connectivity index (χ4n) is 6.46. The highest BCUT2D eigenvalue weighted by atomic mass is 32.1. The maximum atomic E-state index is 16.1. The Hall–Kier alpha value is -4.87. The molecule has 0 saturated heterocycles. The third kappa shape index (κ3) is 4.87.